The van der Waals surface area contributed by atoms with Crippen LogP contribution in [0.2, 0.25) is 0 Å². The number of carbonyl (C=O) groups is 2. The summed E-state index contributed by atoms with van der Waals surface area (Å²) in [7, 11) is 0. The molecule has 0 aliphatic carbocycles. The van der Waals surface area contributed by atoms with Crippen molar-refractivity contribution in [2.24, 2.45) is 5.73 Å². The lowest BCUT2D eigenvalue weighted by Crippen LogP contribution is -2.49. The molecule has 0 spiro atoms. The molecule has 1 aromatic rings. The molecule has 0 saturated carbocycles. The minimum absolute atomic E-state index is 0.248. The Bertz CT molecular complexity index is 608. The molecule has 0 radical (unpaired) electrons. The van der Waals surface area contributed by atoms with Crippen molar-refractivity contribution in [1.82, 2.24) is 5.32 Å². The van der Waals surface area contributed by atoms with Gasteiger partial charge in [-0.1, -0.05) is 31.9 Å². The summed E-state index contributed by atoms with van der Waals surface area (Å²) in [5, 5.41) is 2.75. The molecule has 29 heavy (non-hydrogen) atoms. The Morgan fingerprint density at radius 2 is 1.76 bits per heavy atom. The maximum absolute atomic E-state index is 12.4. The Kier molecular flexibility index (Phi) is 12.7. The zero-order valence-electron chi connectivity index (χ0n) is 17.3. The highest BCUT2D eigenvalue weighted by Gasteiger charge is 2.25. The minimum atomic E-state index is -0.775. The minimum Gasteiger partial charge on any atom is -0.464 e. The van der Waals surface area contributed by atoms with Gasteiger partial charge < -0.3 is 20.7 Å². The summed E-state index contributed by atoms with van der Waals surface area (Å²) in [4.78, 5) is 26.8. The molecule has 0 bridgehead atoms. The van der Waals surface area contributed by atoms with Crippen molar-refractivity contribution in [3.8, 4) is 0 Å². The van der Waals surface area contributed by atoms with Crippen molar-refractivity contribution < 1.29 is 14.3 Å². The average molecular weight is 446 g/mol. The smallest absolute Gasteiger partial charge is 0.328 e. The Labute approximate surface area is 184 Å². The van der Waals surface area contributed by atoms with Crippen LogP contribution in [0.5, 0.6) is 0 Å². The van der Waals surface area contributed by atoms with E-state index in [-0.39, 0.29) is 12.5 Å². The third kappa shape index (κ3) is 9.24. The first-order valence-corrected chi connectivity index (χ1v) is 11.2. The summed E-state index contributed by atoms with van der Waals surface area (Å²) in [6.45, 7) is 5.42. The van der Waals surface area contributed by atoms with Gasteiger partial charge in [0, 0.05) is 37.0 Å². The van der Waals surface area contributed by atoms with Crippen LogP contribution in [0, 0.1) is 0 Å². The Morgan fingerprint density at radius 1 is 1.14 bits per heavy atom. The van der Waals surface area contributed by atoms with E-state index in [0.29, 0.717) is 37.7 Å². The lowest BCUT2D eigenvalue weighted by atomic mass is 10.0. The van der Waals surface area contributed by atoms with E-state index < -0.39 is 18.1 Å². The van der Waals surface area contributed by atoms with E-state index in [4.69, 9.17) is 33.7 Å². The summed E-state index contributed by atoms with van der Waals surface area (Å²) in [6.07, 6.45) is 2.74. The second-order valence-electron chi connectivity index (χ2n) is 6.80. The highest BCUT2D eigenvalue weighted by Crippen LogP contribution is 2.17. The van der Waals surface area contributed by atoms with Gasteiger partial charge >= 0.3 is 5.97 Å². The molecule has 0 heterocycles. The van der Waals surface area contributed by atoms with Crippen molar-refractivity contribution in [3.05, 3.63) is 29.8 Å². The van der Waals surface area contributed by atoms with Gasteiger partial charge in [-0.05, 0) is 31.0 Å². The third-order valence-electron chi connectivity index (χ3n) is 4.54. The number of unbranched alkanes of at least 4 members (excludes halogenated alkanes) is 1. The summed E-state index contributed by atoms with van der Waals surface area (Å²) in [6, 6.07) is 6.38. The summed E-state index contributed by atoms with van der Waals surface area (Å²) in [5.74, 6) is 0.226. The van der Waals surface area contributed by atoms with Gasteiger partial charge in [-0.2, -0.15) is 0 Å². The topological polar surface area (TPSA) is 84.7 Å². The van der Waals surface area contributed by atoms with Crippen LogP contribution in [0.3, 0.4) is 0 Å². The highest BCUT2D eigenvalue weighted by atomic mass is 35.5. The van der Waals surface area contributed by atoms with Crippen molar-refractivity contribution in [1.29, 1.82) is 0 Å². The summed E-state index contributed by atoms with van der Waals surface area (Å²) >= 11 is 11.7. The van der Waals surface area contributed by atoms with Gasteiger partial charge in [0.2, 0.25) is 5.91 Å². The molecule has 0 aromatic heterocycles. The predicted octanol–water partition coefficient (Wildman–Crippen LogP) is 3.08. The largest absolute Gasteiger partial charge is 0.464 e. The van der Waals surface area contributed by atoms with Gasteiger partial charge in [-0.25, -0.2) is 4.79 Å². The van der Waals surface area contributed by atoms with E-state index in [1.165, 1.54) is 0 Å². The number of alkyl halides is 2. The lowest BCUT2D eigenvalue weighted by Gasteiger charge is -2.23. The number of hydrogen-bond acceptors (Lipinski definition) is 5. The predicted molar refractivity (Wildman–Crippen MR) is 120 cm³/mol. The zero-order valence-corrected chi connectivity index (χ0v) is 18.8. The van der Waals surface area contributed by atoms with E-state index in [9.17, 15) is 9.59 Å². The number of nitrogens with one attached hydrogen (secondary N) is 1. The van der Waals surface area contributed by atoms with Crippen LogP contribution in [0.4, 0.5) is 5.69 Å². The number of rotatable bonds is 14. The van der Waals surface area contributed by atoms with E-state index in [1.807, 2.05) is 31.2 Å². The third-order valence-corrected chi connectivity index (χ3v) is 4.88. The molecule has 0 aliphatic heterocycles. The van der Waals surface area contributed by atoms with Gasteiger partial charge in [0.1, 0.15) is 6.04 Å². The maximum Gasteiger partial charge on any atom is 0.328 e. The molecule has 0 fully saturated rings. The fourth-order valence-corrected chi connectivity index (χ4v) is 3.33. The number of esters is 1. The quantitative estimate of drug-likeness (QED) is 0.339. The van der Waals surface area contributed by atoms with Crippen LogP contribution in [-0.2, 0) is 20.7 Å². The van der Waals surface area contributed by atoms with Crippen LogP contribution < -0.4 is 16.0 Å². The number of amides is 1. The first-order chi connectivity index (χ1) is 14.0. The second kappa shape index (κ2) is 14.5. The van der Waals surface area contributed by atoms with Gasteiger partial charge in [-0.15, -0.1) is 23.2 Å². The number of anilines is 1. The van der Waals surface area contributed by atoms with Crippen molar-refractivity contribution >= 4 is 40.8 Å². The number of carbonyl (C=O) groups excluding carboxylic acids is 2. The van der Waals surface area contributed by atoms with Gasteiger partial charge in [0.25, 0.3) is 0 Å². The van der Waals surface area contributed by atoms with Crippen LogP contribution in [-0.4, -0.2) is 55.4 Å². The molecule has 8 heteroatoms. The standard InChI is InChI=1S/C21H33Cl2N3O3/c1-3-5-6-18(24)20(27)25-19(21(28)29-4-2)15-16-7-9-17(10-8-16)26(13-11-22)14-12-23/h7-10,18-19H,3-6,11-15,24H2,1-2H3,(H,25,27)/t18-,19-/m0/s1. The van der Waals surface area contributed by atoms with Crippen LogP contribution in [0.1, 0.15) is 38.7 Å². The Hall–Kier alpha value is -1.50. The number of hydrogen-bond donors (Lipinski definition) is 2. The first kappa shape index (κ1) is 25.5. The zero-order chi connectivity index (χ0) is 21.6. The molecule has 2 atom stereocenters. The van der Waals surface area contributed by atoms with Crippen LogP contribution >= 0.6 is 23.2 Å². The SMILES string of the molecule is CCCC[C@H](N)C(=O)N[C@@H](Cc1ccc(N(CCCl)CCCl)cc1)C(=O)OCC. The molecule has 1 amide bonds. The average Bonchev–Trinajstić information content (AvgIpc) is 2.72. The number of nitrogens with zero attached hydrogens (tertiary/aromatic N) is 1. The molecule has 0 saturated heterocycles. The van der Waals surface area contributed by atoms with Gasteiger partial charge in [-0.3, -0.25) is 4.79 Å². The highest BCUT2D eigenvalue weighted by molar-refractivity contribution is 6.18. The number of ether oxygens (including phenoxy) is 1. The molecule has 6 nitrogen and oxygen atoms in total. The van der Waals surface area contributed by atoms with E-state index in [1.54, 1.807) is 6.92 Å². The molecule has 1 rings (SSSR count). The Balaban J connectivity index is 2.85. The molecular formula is C21H33Cl2N3O3. The van der Waals surface area contributed by atoms with E-state index in [2.05, 4.69) is 10.2 Å². The van der Waals surface area contributed by atoms with Crippen LogP contribution in [0.25, 0.3) is 0 Å². The summed E-state index contributed by atoms with van der Waals surface area (Å²) in [5.41, 5.74) is 7.85. The van der Waals surface area contributed by atoms with Gasteiger partial charge in [0.05, 0.1) is 12.6 Å². The van der Waals surface area contributed by atoms with E-state index in [0.717, 1.165) is 24.1 Å². The number of nitrogens with two attached hydrogens (primary N) is 1. The van der Waals surface area contributed by atoms with Crippen molar-refractivity contribution in [2.45, 2.75) is 51.6 Å². The summed E-state index contributed by atoms with van der Waals surface area (Å²) < 4.78 is 5.13. The normalized spacial score (nSPS) is 12.9. The second-order valence-corrected chi connectivity index (χ2v) is 7.55. The molecular weight excluding hydrogens is 413 g/mol. The van der Waals surface area contributed by atoms with Crippen LogP contribution in [0.15, 0.2) is 24.3 Å². The van der Waals surface area contributed by atoms with Gasteiger partial charge in [0.15, 0.2) is 0 Å². The molecule has 164 valence electrons. The molecule has 0 aliphatic rings. The van der Waals surface area contributed by atoms with E-state index >= 15 is 0 Å². The maximum atomic E-state index is 12.4. The molecule has 3 N–H and O–H groups in total. The molecule has 1 aromatic carbocycles. The van der Waals surface area contributed by atoms with Crippen molar-refractivity contribution in [2.75, 3.05) is 36.4 Å². The monoisotopic (exact) mass is 445 g/mol. The number of halogens is 2. The Morgan fingerprint density at radius 3 is 2.28 bits per heavy atom. The lowest BCUT2D eigenvalue weighted by molar-refractivity contribution is -0.147. The number of benzene rings is 1. The fraction of sp³-hybridized carbons (Fsp3) is 0.619. The first-order valence-electron chi connectivity index (χ1n) is 10.1. The van der Waals surface area contributed by atoms with Crippen molar-refractivity contribution in [3.63, 3.8) is 0 Å². The molecule has 0 unspecified atom stereocenters. The fourth-order valence-electron chi connectivity index (χ4n) is 2.92.